The van der Waals surface area contributed by atoms with Crippen LogP contribution in [-0.4, -0.2) is 39.6 Å². The van der Waals surface area contributed by atoms with Crippen LogP contribution in [-0.2, 0) is 4.79 Å². The zero-order chi connectivity index (χ0) is 25.4. The normalized spacial score (nSPS) is 18.0. The first-order valence-electron chi connectivity index (χ1n) is 12.6. The van der Waals surface area contributed by atoms with Crippen molar-refractivity contribution in [1.29, 1.82) is 0 Å². The molecule has 0 bridgehead atoms. The van der Waals surface area contributed by atoms with E-state index in [1.54, 1.807) is 47.3 Å². The van der Waals surface area contributed by atoms with Crippen LogP contribution in [0.5, 0.6) is 0 Å². The van der Waals surface area contributed by atoms with Gasteiger partial charge in [0.25, 0.3) is 5.91 Å². The van der Waals surface area contributed by atoms with E-state index in [-0.39, 0.29) is 29.0 Å². The fourth-order valence-electron chi connectivity index (χ4n) is 5.47. The number of nitrogens with zero attached hydrogens (tertiary/aromatic N) is 3. The first-order chi connectivity index (χ1) is 18.0. The summed E-state index contributed by atoms with van der Waals surface area (Å²) in [6.07, 6.45) is 6.07. The molecule has 1 saturated heterocycles. The number of halogens is 1. The van der Waals surface area contributed by atoms with Gasteiger partial charge in [0.05, 0.1) is 5.69 Å². The largest absolute Gasteiger partial charge is 0.339 e. The number of amides is 2. The van der Waals surface area contributed by atoms with Crippen LogP contribution in [0, 0.1) is 17.2 Å². The highest BCUT2D eigenvalue weighted by Gasteiger charge is 2.58. The molecule has 1 N–H and O–H groups in total. The number of nitrogens with one attached hydrogen (secondary N) is 1. The molecule has 2 aliphatic rings. The molecule has 1 aliphatic heterocycles. The lowest BCUT2D eigenvalue weighted by Crippen LogP contribution is -2.40. The average molecular weight is 495 g/mol. The van der Waals surface area contributed by atoms with Crippen LogP contribution >= 0.6 is 0 Å². The van der Waals surface area contributed by atoms with E-state index >= 15 is 0 Å². The number of hydrogen-bond acceptors (Lipinski definition) is 3. The van der Waals surface area contributed by atoms with Crippen LogP contribution in [0.15, 0.2) is 91.3 Å². The number of piperidine rings is 1. The standard InChI is InChI=1S/C30H27FN4O2/c31-27-8-2-1-7-25(27)21-5-3-6-22(19-21)29(37)34-17-13-30(14-18-34)20-26(30)28(36)33-23-9-11-24(12-10-23)35-16-4-15-32-35/h1-12,15-16,19,26H,13-14,17-18,20H2,(H,33,36)/t26-/m0/s1. The van der Waals surface area contributed by atoms with Crippen molar-refractivity contribution in [2.24, 2.45) is 11.3 Å². The van der Waals surface area contributed by atoms with Gasteiger partial charge < -0.3 is 10.2 Å². The Kier molecular flexibility index (Phi) is 5.83. The molecule has 2 heterocycles. The van der Waals surface area contributed by atoms with Crippen molar-refractivity contribution in [1.82, 2.24) is 14.7 Å². The average Bonchev–Trinajstić information content (AvgIpc) is 3.35. The molecule has 1 aromatic heterocycles. The minimum Gasteiger partial charge on any atom is -0.339 e. The Labute approximate surface area is 214 Å². The molecule has 1 atom stereocenters. The minimum absolute atomic E-state index is 0.0229. The number of aromatic nitrogens is 2. The van der Waals surface area contributed by atoms with Crippen LogP contribution in [0.2, 0.25) is 0 Å². The Morgan fingerprint density at radius 1 is 0.946 bits per heavy atom. The van der Waals surface area contributed by atoms with Gasteiger partial charge in [-0.15, -0.1) is 0 Å². The lowest BCUT2D eigenvalue weighted by Gasteiger charge is -2.33. The van der Waals surface area contributed by atoms with Gasteiger partial charge in [-0.25, -0.2) is 9.07 Å². The molecular formula is C30H27FN4O2. The van der Waals surface area contributed by atoms with E-state index in [4.69, 9.17) is 0 Å². The summed E-state index contributed by atoms with van der Waals surface area (Å²) < 4.78 is 16.0. The van der Waals surface area contributed by atoms with Crippen molar-refractivity contribution < 1.29 is 14.0 Å². The summed E-state index contributed by atoms with van der Waals surface area (Å²) in [6, 6.07) is 23.2. The number of carbonyl (C=O) groups excluding carboxylic acids is 2. The second kappa shape index (κ2) is 9.32. The van der Waals surface area contributed by atoms with Crippen LogP contribution in [0.1, 0.15) is 29.6 Å². The van der Waals surface area contributed by atoms with Crippen molar-refractivity contribution in [3.63, 3.8) is 0 Å². The number of carbonyl (C=O) groups is 2. The molecule has 1 spiro atoms. The monoisotopic (exact) mass is 494 g/mol. The maximum atomic E-state index is 14.2. The molecular weight excluding hydrogens is 467 g/mol. The van der Waals surface area contributed by atoms with E-state index in [0.29, 0.717) is 29.8 Å². The van der Waals surface area contributed by atoms with Crippen molar-refractivity contribution in [2.75, 3.05) is 18.4 Å². The molecule has 4 aromatic rings. The van der Waals surface area contributed by atoms with Crippen LogP contribution < -0.4 is 5.32 Å². The van der Waals surface area contributed by atoms with Gasteiger partial charge in [0.2, 0.25) is 5.91 Å². The molecule has 37 heavy (non-hydrogen) atoms. The third-order valence-corrected chi connectivity index (χ3v) is 7.75. The Hall–Kier alpha value is -4.26. The third kappa shape index (κ3) is 4.53. The Bertz CT molecular complexity index is 1440. The number of likely N-dealkylation sites (tertiary alicyclic amines) is 1. The van der Waals surface area contributed by atoms with E-state index in [2.05, 4.69) is 10.4 Å². The van der Waals surface area contributed by atoms with E-state index in [1.807, 2.05) is 47.5 Å². The zero-order valence-electron chi connectivity index (χ0n) is 20.3. The number of hydrogen-bond donors (Lipinski definition) is 1. The van der Waals surface area contributed by atoms with Gasteiger partial charge >= 0.3 is 0 Å². The highest BCUT2D eigenvalue weighted by Crippen LogP contribution is 2.59. The Morgan fingerprint density at radius 3 is 2.46 bits per heavy atom. The van der Waals surface area contributed by atoms with Crippen LogP contribution in [0.4, 0.5) is 10.1 Å². The second-order valence-electron chi connectivity index (χ2n) is 9.96. The Balaban J connectivity index is 1.06. The maximum Gasteiger partial charge on any atom is 0.253 e. The van der Waals surface area contributed by atoms with Gasteiger partial charge in [0.1, 0.15) is 5.82 Å². The molecule has 2 amide bonds. The minimum atomic E-state index is -0.307. The summed E-state index contributed by atoms with van der Waals surface area (Å²) in [4.78, 5) is 28.0. The van der Waals surface area contributed by atoms with Crippen LogP contribution in [0.3, 0.4) is 0 Å². The molecule has 186 valence electrons. The van der Waals surface area contributed by atoms with Crippen molar-refractivity contribution >= 4 is 17.5 Å². The first kappa shape index (κ1) is 23.2. The smallest absolute Gasteiger partial charge is 0.253 e. The first-order valence-corrected chi connectivity index (χ1v) is 12.6. The van der Waals surface area contributed by atoms with Gasteiger partial charge in [-0.2, -0.15) is 5.10 Å². The summed E-state index contributed by atoms with van der Waals surface area (Å²) in [5, 5.41) is 7.27. The van der Waals surface area contributed by atoms with Crippen LogP contribution in [0.25, 0.3) is 16.8 Å². The zero-order valence-corrected chi connectivity index (χ0v) is 20.3. The molecule has 0 unspecified atom stereocenters. The molecule has 2 fully saturated rings. The quantitative estimate of drug-likeness (QED) is 0.395. The van der Waals surface area contributed by atoms with E-state index < -0.39 is 0 Å². The second-order valence-corrected chi connectivity index (χ2v) is 9.96. The van der Waals surface area contributed by atoms with E-state index in [0.717, 1.165) is 30.6 Å². The number of benzene rings is 3. The van der Waals surface area contributed by atoms with Gasteiger partial charge in [-0.05, 0) is 78.8 Å². The van der Waals surface area contributed by atoms with Gasteiger partial charge in [-0.1, -0.05) is 30.3 Å². The molecule has 6 rings (SSSR count). The topological polar surface area (TPSA) is 67.2 Å². The molecule has 1 aliphatic carbocycles. The third-order valence-electron chi connectivity index (χ3n) is 7.75. The molecule has 7 heteroatoms. The predicted octanol–water partition coefficient (Wildman–Crippen LogP) is 5.56. The molecule has 1 saturated carbocycles. The lowest BCUT2D eigenvalue weighted by atomic mass is 9.90. The summed E-state index contributed by atoms with van der Waals surface area (Å²) >= 11 is 0. The fourth-order valence-corrected chi connectivity index (χ4v) is 5.47. The summed E-state index contributed by atoms with van der Waals surface area (Å²) in [5.41, 5.74) is 3.41. The fraction of sp³-hybridized carbons (Fsp3) is 0.233. The van der Waals surface area contributed by atoms with Gasteiger partial charge in [0.15, 0.2) is 0 Å². The van der Waals surface area contributed by atoms with Crippen molar-refractivity contribution in [3.8, 4) is 16.8 Å². The summed E-state index contributed by atoms with van der Waals surface area (Å²) in [5.74, 6) is -0.338. The molecule has 0 radical (unpaired) electrons. The van der Waals surface area contributed by atoms with Crippen molar-refractivity contribution in [3.05, 3.63) is 103 Å². The lowest BCUT2D eigenvalue weighted by molar-refractivity contribution is -0.118. The Morgan fingerprint density at radius 2 is 1.73 bits per heavy atom. The van der Waals surface area contributed by atoms with Crippen molar-refractivity contribution in [2.45, 2.75) is 19.3 Å². The number of rotatable bonds is 5. The predicted molar refractivity (Wildman–Crippen MR) is 140 cm³/mol. The van der Waals surface area contributed by atoms with Gasteiger partial charge in [0, 0.05) is 48.2 Å². The SMILES string of the molecule is O=C(Nc1ccc(-n2cccn2)cc1)[C@@H]1CC12CCN(C(=O)c1cccc(-c3ccccc3F)c1)CC2. The highest BCUT2D eigenvalue weighted by molar-refractivity contribution is 5.96. The molecule has 3 aromatic carbocycles. The summed E-state index contributed by atoms with van der Waals surface area (Å²) in [6.45, 7) is 1.23. The van der Waals surface area contributed by atoms with Gasteiger partial charge in [-0.3, -0.25) is 9.59 Å². The van der Waals surface area contributed by atoms with E-state index in [9.17, 15) is 14.0 Å². The molecule has 6 nitrogen and oxygen atoms in total. The maximum absolute atomic E-state index is 14.2. The number of anilines is 1. The van der Waals surface area contributed by atoms with E-state index in [1.165, 1.54) is 6.07 Å². The summed E-state index contributed by atoms with van der Waals surface area (Å²) in [7, 11) is 0. The highest BCUT2D eigenvalue weighted by atomic mass is 19.1.